The van der Waals surface area contributed by atoms with Crippen molar-refractivity contribution in [3.05, 3.63) is 88.6 Å². The van der Waals surface area contributed by atoms with Crippen molar-refractivity contribution in [3.8, 4) is 0 Å². The minimum Gasteiger partial charge on any atom is -0.370 e. The minimum atomic E-state index is -0.320. The van der Waals surface area contributed by atoms with Crippen molar-refractivity contribution in [2.45, 2.75) is 12.8 Å². The first-order chi connectivity index (χ1) is 13.6. The van der Waals surface area contributed by atoms with Crippen molar-refractivity contribution >= 4 is 23.3 Å². The van der Waals surface area contributed by atoms with E-state index < -0.39 is 0 Å². The van der Waals surface area contributed by atoms with Gasteiger partial charge in [-0.15, -0.1) is 0 Å². The lowest BCUT2D eigenvalue weighted by Gasteiger charge is -2.08. The van der Waals surface area contributed by atoms with Crippen LogP contribution in [0.2, 0.25) is 5.02 Å². The molecule has 7 heteroatoms. The van der Waals surface area contributed by atoms with E-state index >= 15 is 0 Å². The molecule has 144 valence electrons. The average Bonchev–Trinajstić information content (AvgIpc) is 2.71. The van der Waals surface area contributed by atoms with Crippen LogP contribution in [-0.2, 0) is 12.8 Å². The Balaban J connectivity index is 1.48. The van der Waals surface area contributed by atoms with E-state index in [1.807, 2.05) is 24.3 Å². The zero-order chi connectivity index (χ0) is 19.8. The maximum Gasteiger partial charge on any atom is 0.270 e. The molecule has 2 N–H and O–H groups in total. The summed E-state index contributed by atoms with van der Waals surface area (Å²) in [5, 5.41) is 6.64. The number of amides is 1. The third kappa shape index (κ3) is 5.76. The third-order valence-corrected chi connectivity index (χ3v) is 4.42. The van der Waals surface area contributed by atoms with Crippen molar-refractivity contribution in [3.63, 3.8) is 0 Å². The van der Waals surface area contributed by atoms with E-state index in [0.29, 0.717) is 35.9 Å². The van der Waals surface area contributed by atoms with Gasteiger partial charge in [-0.25, -0.2) is 14.4 Å². The molecule has 28 heavy (non-hydrogen) atoms. The lowest BCUT2D eigenvalue weighted by molar-refractivity contribution is 0.0949. The van der Waals surface area contributed by atoms with Crippen LogP contribution in [0.1, 0.15) is 21.6 Å². The van der Waals surface area contributed by atoms with Gasteiger partial charge in [0.25, 0.3) is 5.91 Å². The van der Waals surface area contributed by atoms with Crippen LogP contribution >= 0.6 is 11.6 Å². The van der Waals surface area contributed by atoms with Crippen molar-refractivity contribution in [2.24, 2.45) is 0 Å². The molecule has 0 spiro atoms. The number of carbonyl (C=O) groups excluding carboxylic acids is 1. The molecule has 0 radical (unpaired) electrons. The van der Waals surface area contributed by atoms with Crippen LogP contribution in [0.4, 0.5) is 10.2 Å². The van der Waals surface area contributed by atoms with Crippen molar-refractivity contribution < 1.29 is 9.18 Å². The summed E-state index contributed by atoms with van der Waals surface area (Å²) in [6, 6.07) is 15.8. The maximum absolute atomic E-state index is 13.6. The van der Waals surface area contributed by atoms with E-state index in [-0.39, 0.29) is 17.4 Å². The first-order valence-electron chi connectivity index (χ1n) is 8.94. The molecule has 2 aromatic carbocycles. The van der Waals surface area contributed by atoms with Crippen LogP contribution in [0.5, 0.6) is 0 Å². The molecular weight excluding hydrogens is 379 g/mol. The topological polar surface area (TPSA) is 66.9 Å². The Morgan fingerprint density at radius 1 is 1.00 bits per heavy atom. The van der Waals surface area contributed by atoms with Crippen LogP contribution in [-0.4, -0.2) is 29.0 Å². The number of hydrogen-bond donors (Lipinski definition) is 2. The molecule has 0 bridgehead atoms. The number of anilines is 1. The van der Waals surface area contributed by atoms with Gasteiger partial charge in [-0.2, -0.15) is 0 Å². The van der Waals surface area contributed by atoms with Crippen LogP contribution in [0.25, 0.3) is 0 Å². The van der Waals surface area contributed by atoms with Gasteiger partial charge in [-0.05, 0) is 42.2 Å². The van der Waals surface area contributed by atoms with E-state index in [9.17, 15) is 9.18 Å². The van der Waals surface area contributed by atoms with Crippen molar-refractivity contribution in [1.29, 1.82) is 0 Å². The molecule has 0 saturated heterocycles. The highest BCUT2D eigenvalue weighted by atomic mass is 35.5. The second-order valence-electron chi connectivity index (χ2n) is 6.19. The normalized spacial score (nSPS) is 10.5. The van der Waals surface area contributed by atoms with Crippen LogP contribution in [0.15, 0.2) is 60.9 Å². The summed E-state index contributed by atoms with van der Waals surface area (Å²) in [6.45, 7) is 0.982. The fraction of sp³-hybridized carbons (Fsp3) is 0.190. The monoisotopic (exact) mass is 398 g/mol. The maximum atomic E-state index is 13.6. The Bertz CT molecular complexity index is 934. The molecule has 1 aromatic heterocycles. The van der Waals surface area contributed by atoms with Gasteiger partial charge in [0.1, 0.15) is 23.7 Å². The van der Waals surface area contributed by atoms with E-state index in [0.717, 1.165) is 12.0 Å². The van der Waals surface area contributed by atoms with E-state index in [2.05, 4.69) is 20.6 Å². The lowest BCUT2D eigenvalue weighted by Crippen LogP contribution is -2.27. The largest absolute Gasteiger partial charge is 0.370 e. The Morgan fingerprint density at radius 2 is 1.79 bits per heavy atom. The van der Waals surface area contributed by atoms with E-state index in [1.165, 1.54) is 12.4 Å². The van der Waals surface area contributed by atoms with Crippen molar-refractivity contribution in [2.75, 3.05) is 18.4 Å². The fourth-order valence-electron chi connectivity index (χ4n) is 2.67. The number of hydrogen-bond acceptors (Lipinski definition) is 4. The number of nitrogens with one attached hydrogen (secondary N) is 2. The van der Waals surface area contributed by atoms with Crippen LogP contribution in [0, 0.1) is 5.82 Å². The SMILES string of the molecule is O=C(NCCc1ccccc1F)c1cc(NCCc2ccc(Cl)cc2)ncn1. The number of carbonyl (C=O) groups is 1. The predicted octanol–water partition coefficient (Wildman–Crippen LogP) is 3.90. The standard InChI is InChI=1S/C21H20ClFN4O/c22-17-7-5-15(6-8-17)9-11-24-20-13-19(26-14-27-20)21(28)25-12-10-16-3-1-2-4-18(16)23/h1-8,13-14H,9-12H2,(H,25,28)(H,24,26,27). The van der Waals surface area contributed by atoms with Crippen molar-refractivity contribution in [1.82, 2.24) is 15.3 Å². The van der Waals surface area contributed by atoms with Crippen LogP contribution < -0.4 is 10.6 Å². The molecule has 0 aliphatic rings. The number of aromatic nitrogens is 2. The van der Waals surface area contributed by atoms with E-state index in [4.69, 9.17) is 11.6 Å². The highest BCUT2D eigenvalue weighted by Crippen LogP contribution is 2.11. The Hall–Kier alpha value is -2.99. The van der Waals surface area contributed by atoms with Gasteiger partial charge in [-0.1, -0.05) is 41.9 Å². The third-order valence-electron chi connectivity index (χ3n) is 4.17. The molecule has 5 nitrogen and oxygen atoms in total. The number of nitrogens with zero attached hydrogens (tertiary/aromatic N) is 2. The second kappa shape index (κ2) is 9.80. The molecule has 3 rings (SSSR count). The second-order valence-corrected chi connectivity index (χ2v) is 6.63. The smallest absolute Gasteiger partial charge is 0.270 e. The molecule has 0 saturated carbocycles. The molecule has 0 unspecified atom stereocenters. The zero-order valence-electron chi connectivity index (χ0n) is 15.2. The van der Waals surface area contributed by atoms with Gasteiger partial charge in [0.2, 0.25) is 0 Å². The summed E-state index contributed by atoms with van der Waals surface area (Å²) >= 11 is 5.88. The quantitative estimate of drug-likeness (QED) is 0.604. The number of rotatable bonds is 8. The number of halogens is 2. The van der Waals surface area contributed by atoms with Crippen LogP contribution in [0.3, 0.4) is 0 Å². The summed E-state index contributed by atoms with van der Waals surface area (Å²) < 4.78 is 13.6. The van der Waals surface area contributed by atoms with Gasteiger partial charge in [0, 0.05) is 24.2 Å². The molecular formula is C21H20ClFN4O. The molecule has 0 fully saturated rings. The molecule has 1 amide bonds. The molecule has 1 heterocycles. The number of benzene rings is 2. The van der Waals surface area contributed by atoms with Gasteiger partial charge in [0.15, 0.2) is 0 Å². The van der Waals surface area contributed by atoms with Gasteiger partial charge in [-0.3, -0.25) is 4.79 Å². The Kier molecular flexibility index (Phi) is 6.92. The molecule has 0 aliphatic heterocycles. The Morgan fingerprint density at radius 3 is 2.57 bits per heavy atom. The van der Waals surface area contributed by atoms with Gasteiger partial charge >= 0.3 is 0 Å². The summed E-state index contributed by atoms with van der Waals surface area (Å²) in [6.07, 6.45) is 2.55. The Labute approximate surface area is 168 Å². The molecule has 3 aromatic rings. The summed E-state index contributed by atoms with van der Waals surface area (Å²) in [4.78, 5) is 20.4. The highest BCUT2D eigenvalue weighted by Gasteiger charge is 2.09. The fourth-order valence-corrected chi connectivity index (χ4v) is 2.79. The lowest BCUT2D eigenvalue weighted by atomic mass is 10.1. The predicted molar refractivity (Wildman–Crippen MR) is 108 cm³/mol. The first-order valence-corrected chi connectivity index (χ1v) is 9.31. The minimum absolute atomic E-state index is 0.262. The first kappa shape index (κ1) is 19.8. The van der Waals surface area contributed by atoms with Gasteiger partial charge < -0.3 is 10.6 Å². The zero-order valence-corrected chi connectivity index (χ0v) is 15.9. The average molecular weight is 399 g/mol. The van der Waals surface area contributed by atoms with E-state index in [1.54, 1.807) is 24.3 Å². The summed E-state index contributed by atoms with van der Waals surface area (Å²) in [7, 11) is 0. The summed E-state index contributed by atoms with van der Waals surface area (Å²) in [5.74, 6) is -0.0198. The molecule has 0 aliphatic carbocycles. The summed E-state index contributed by atoms with van der Waals surface area (Å²) in [5.41, 5.74) is 1.98. The highest BCUT2D eigenvalue weighted by molar-refractivity contribution is 6.30. The van der Waals surface area contributed by atoms with Gasteiger partial charge in [0.05, 0.1) is 0 Å². The molecule has 0 atom stereocenters.